The molecule has 17 heteroatoms. The predicted molar refractivity (Wildman–Crippen MR) is 94.7 cm³/mol. The second kappa shape index (κ2) is 11.8. The van der Waals surface area contributed by atoms with Crippen molar-refractivity contribution in [3.63, 3.8) is 0 Å². The van der Waals surface area contributed by atoms with Crippen molar-refractivity contribution in [3.05, 3.63) is 46.5 Å². The zero-order valence-corrected chi connectivity index (χ0v) is 20.1. The number of sulfone groups is 1. The van der Waals surface area contributed by atoms with Crippen LogP contribution < -0.4 is 29.6 Å². The summed E-state index contributed by atoms with van der Waals surface area (Å²) in [6.45, 7) is -0.900. The minimum absolute atomic E-state index is 0. The van der Waals surface area contributed by atoms with Gasteiger partial charge in [-0.1, -0.05) is 0 Å². The maximum Gasteiger partial charge on any atom is 1.00 e. The van der Waals surface area contributed by atoms with Crippen LogP contribution in [0.3, 0.4) is 0 Å². The Balaban J connectivity index is 0.00000450. The maximum atomic E-state index is 12.1. The Morgan fingerprint density at radius 1 is 0.968 bits per heavy atom. The molecule has 0 aliphatic heterocycles. The SMILES string of the molecule is O=[N+]([O-])c1ccc(O)c(N=Nc2ccc(S(=O)(=O)CCOS(=O)(=O)[O-])cc2O)c1.[Cu].[Na+]. The molecule has 0 saturated carbocycles. The quantitative estimate of drug-likeness (QED) is 0.102. The van der Waals surface area contributed by atoms with Gasteiger partial charge in [0, 0.05) is 35.3 Å². The number of rotatable bonds is 8. The van der Waals surface area contributed by atoms with Gasteiger partial charge in [-0.15, -0.1) is 10.2 Å². The van der Waals surface area contributed by atoms with E-state index >= 15 is 0 Å². The maximum absolute atomic E-state index is 12.1. The minimum atomic E-state index is -5.04. The molecule has 0 amide bonds. The van der Waals surface area contributed by atoms with Crippen molar-refractivity contribution >= 4 is 37.3 Å². The summed E-state index contributed by atoms with van der Waals surface area (Å²) in [4.78, 5) is 9.63. The number of nitro benzene ring substituents is 1. The van der Waals surface area contributed by atoms with Gasteiger partial charge in [-0.25, -0.2) is 16.8 Å². The van der Waals surface area contributed by atoms with Gasteiger partial charge in [-0.2, -0.15) is 0 Å². The number of hydrogen-bond acceptors (Lipinski definition) is 12. The van der Waals surface area contributed by atoms with Gasteiger partial charge < -0.3 is 14.8 Å². The van der Waals surface area contributed by atoms with Crippen molar-refractivity contribution in [3.8, 4) is 11.5 Å². The van der Waals surface area contributed by atoms with Crippen molar-refractivity contribution in [2.75, 3.05) is 12.4 Å². The summed E-state index contributed by atoms with van der Waals surface area (Å²) in [5, 5.41) is 37.5. The molecule has 0 fully saturated rings. The van der Waals surface area contributed by atoms with Crippen molar-refractivity contribution in [1.82, 2.24) is 0 Å². The molecular weight excluding hydrogens is 521 g/mol. The standard InChI is InChI=1S/C14H13N3O10S2.Cu.Na/c18-13-4-1-9(17(20)21)7-12(13)16-15-11-3-2-10(8-14(11)19)28(22,23)6-5-27-29(24,25)26;;/h1-4,7-8,18-19H,5-6H2,(H,24,25,26);;/q;;+1/p-1. The van der Waals surface area contributed by atoms with Gasteiger partial charge in [0.1, 0.15) is 22.9 Å². The monoisotopic (exact) mass is 532 g/mol. The second-order valence-corrected chi connectivity index (χ2v) is 8.49. The molecule has 0 heterocycles. The molecule has 1 radical (unpaired) electrons. The Bertz CT molecular complexity index is 1190. The molecule has 31 heavy (non-hydrogen) atoms. The molecule has 0 bridgehead atoms. The van der Waals surface area contributed by atoms with Gasteiger partial charge in [-0.3, -0.25) is 14.3 Å². The van der Waals surface area contributed by atoms with Crippen LogP contribution in [0.5, 0.6) is 11.5 Å². The first-order chi connectivity index (χ1) is 13.4. The molecule has 0 aliphatic carbocycles. The molecule has 0 aliphatic rings. The summed E-state index contributed by atoms with van der Waals surface area (Å²) in [5.74, 6) is -1.88. The summed E-state index contributed by atoms with van der Waals surface area (Å²) in [5.41, 5.74) is -0.829. The zero-order valence-electron chi connectivity index (χ0n) is 15.5. The summed E-state index contributed by atoms with van der Waals surface area (Å²) >= 11 is 0. The van der Waals surface area contributed by atoms with E-state index in [9.17, 15) is 41.7 Å². The van der Waals surface area contributed by atoms with E-state index in [1.165, 1.54) is 0 Å². The van der Waals surface area contributed by atoms with Gasteiger partial charge >= 0.3 is 29.6 Å². The Morgan fingerprint density at radius 2 is 1.58 bits per heavy atom. The number of hydrogen-bond donors (Lipinski definition) is 2. The summed E-state index contributed by atoms with van der Waals surface area (Å²) in [6.07, 6.45) is 0. The molecule has 2 rings (SSSR count). The first-order valence-corrected chi connectivity index (χ1v) is 10.4. The third-order valence-electron chi connectivity index (χ3n) is 3.32. The number of nitro groups is 1. The average Bonchev–Trinajstić information content (AvgIpc) is 2.60. The molecule has 2 aromatic rings. The van der Waals surface area contributed by atoms with Crippen LogP contribution in [0.15, 0.2) is 51.5 Å². The molecule has 0 atom stereocenters. The van der Waals surface area contributed by atoms with Crippen LogP contribution >= 0.6 is 0 Å². The first kappa shape index (κ1) is 29.4. The van der Waals surface area contributed by atoms with Crippen LogP contribution in [-0.2, 0) is 41.5 Å². The molecule has 0 aromatic heterocycles. The molecule has 0 saturated heterocycles. The smallest absolute Gasteiger partial charge is 0.726 e. The molecule has 13 nitrogen and oxygen atoms in total. The van der Waals surface area contributed by atoms with E-state index in [-0.39, 0.29) is 63.7 Å². The Labute approximate surface area is 208 Å². The van der Waals surface area contributed by atoms with Gasteiger partial charge in [0.05, 0.1) is 22.2 Å². The molecule has 167 valence electrons. The molecule has 2 aromatic carbocycles. The fourth-order valence-corrected chi connectivity index (χ4v) is 3.46. The third-order valence-corrected chi connectivity index (χ3v) is 5.45. The van der Waals surface area contributed by atoms with E-state index in [1.54, 1.807) is 0 Å². The third kappa shape index (κ3) is 8.80. The molecule has 0 spiro atoms. The van der Waals surface area contributed by atoms with Crippen LogP contribution in [-0.4, -0.2) is 48.9 Å². The van der Waals surface area contributed by atoms with Crippen molar-refractivity contribution in [2.45, 2.75) is 4.90 Å². The second-order valence-electron chi connectivity index (χ2n) is 5.33. The fraction of sp³-hybridized carbons (Fsp3) is 0.143. The number of azo groups is 1. The minimum Gasteiger partial charge on any atom is -0.726 e. The predicted octanol–water partition coefficient (Wildman–Crippen LogP) is -1.33. The molecule has 0 unspecified atom stereocenters. The number of benzene rings is 2. The fourth-order valence-electron chi connectivity index (χ4n) is 1.96. The van der Waals surface area contributed by atoms with Crippen LogP contribution in [0.2, 0.25) is 0 Å². The Hall–Kier alpha value is -1.62. The average molecular weight is 533 g/mol. The molecule has 2 N–H and O–H groups in total. The van der Waals surface area contributed by atoms with E-state index in [4.69, 9.17) is 0 Å². The summed E-state index contributed by atoms with van der Waals surface area (Å²) in [7, 11) is -9.13. The van der Waals surface area contributed by atoms with Crippen LogP contribution in [0.25, 0.3) is 0 Å². The topological polar surface area (TPSA) is 209 Å². The van der Waals surface area contributed by atoms with Crippen LogP contribution in [0, 0.1) is 10.1 Å². The van der Waals surface area contributed by atoms with Crippen molar-refractivity contribution in [2.24, 2.45) is 10.2 Å². The number of nitrogens with zero attached hydrogens (tertiary/aromatic N) is 3. The Morgan fingerprint density at radius 3 is 2.13 bits per heavy atom. The summed E-state index contributed by atoms with van der Waals surface area (Å²) in [6, 6.07) is 5.93. The normalized spacial score (nSPS) is 11.5. The number of non-ortho nitro benzene ring substituents is 1. The van der Waals surface area contributed by atoms with Gasteiger partial charge in [-0.05, 0) is 18.2 Å². The first-order valence-electron chi connectivity index (χ1n) is 7.44. The van der Waals surface area contributed by atoms with Crippen molar-refractivity contribution in [1.29, 1.82) is 0 Å². The van der Waals surface area contributed by atoms with E-state index in [0.29, 0.717) is 0 Å². The van der Waals surface area contributed by atoms with Gasteiger partial charge in [0.15, 0.2) is 9.84 Å². The Kier molecular flexibility index (Phi) is 11.2. The van der Waals surface area contributed by atoms with E-state index in [1.807, 2.05) is 0 Å². The number of phenolic OH excluding ortho intramolecular Hbond substituents is 2. The van der Waals surface area contributed by atoms with Gasteiger partial charge in [0.25, 0.3) is 5.69 Å². The van der Waals surface area contributed by atoms with Crippen LogP contribution in [0.1, 0.15) is 0 Å². The number of aromatic hydroxyl groups is 2. The zero-order chi connectivity index (χ0) is 21.8. The largest absolute Gasteiger partial charge is 1.00 e. The van der Waals surface area contributed by atoms with Crippen molar-refractivity contribution < 1.29 is 87.3 Å². The van der Waals surface area contributed by atoms with E-state index in [2.05, 4.69) is 14.4 Å². The van der Waals surface area contributed by atoms with E-state index < -0.39 is 53.9 Å². The summed E-state index contributed by atoms with van der Waals surface area (Å²) < 4.78 is 59.0. The molecular formula is C14H12CuN3NaO10S2. The van der Waals surface area contributed by atoms with Crippen LogP contribution in [0.4, 0.5) is 17.1 Å². The van der Waals surface area contributed by atoms with Gasteiger partial charge in [0.2, 0.25) is 10.4 Å². The van der Waals surface area contributed by atoms with E-state index in [0.717, 1.165) is 36.4 Å². The number of phenols is 2.